The van der Waals surface area contributed by atoms with Gasteiger partial charge in [0.05, 0.1) is 0 Å². The summed E-state index contributed by atoms with van der Waals surface area (Å²) >= 11 is 5.95. The smallest absolute Gasteiger partial charge is 0.224 e. The summed E-state index contributed by atoms with van der Waals surface area (Å²) in [6, 6.07) is 7.88. The number of carbonyl (C=O) groups is 1. The van der Waals surface area contributed by atoms with Gasteiger partial charge in [0, 0.05) is 43.5 Å². The van der Waals surface area contributed by atoms with E-state index in [4.69, 9.17) is 18.0 Å². The van der Waals surface area contributed by atoms with Gasteiger partial charge >= 0.3 is 0 Å². The van der Waals surface area contributed by atoms with Crippen molar-refractivity contribution in [3.63, 3.8) is 0 Å². The molecule has 1 rings (SSSR count). The fourth-order valence-corrected chi connectivity index (χ4v) is 2.41. The van der Waals surface area contributed by atoms with Crippen LogP contribution >= 0.6 is 11.6 Å². The third-order valence-electron chi connectivity index (χ3n) is 3.21. The first-order valence-corrected chi connectivity index (χ1v) is 7.48. The minimum atomic E-state index is 0.0997. The van der Waals surface area contributed by atoms with Gasteiger partial charge in [0.25, 0.3) is 0 Å². The number of hydrogen-bond acceptors (Lipinski definition) is 2. The lowest BCUT2D eigenvalue weighted by Gasteiger charge is -2.22. The summed E-state index contributed by atoms with van der Waals surface area (Å²) < 4.78 is 0. The van der Waals surface area contributed by atoms with E-state index in [-0.39, 0.29) is 18.0 Å². The van der Waals surface area contributed by atoms with E-state index < -0.39 is 0 Å². The molecule has 1 amide bonds. The Balaban J connectivity index is 2.46. The summed E-state index contributed by atoms with van der Waals surface area (Å²) in [7, 11) is 1.81. The Bertz CT molecular complexity index is 510. The van der Waals surface area contributed by atoms with Crippen molar-refractivity contribution in [1.29, 1.82) is 0 Å². The Morgan fingerprint density at radius 1 is 1.43 bits per heavy atom. The van der Waals surface area contributed by atoms with Crippen molar-refractivity contribution in [2.75, 3.05) is 7.05 Å². The van der Waals surface area contributed by atoms with Crippen molar-refractivity contribution >= 4 is 17.5 Å². The molecule has 0 aromatic heterocycles. The van der Waals surface area contributed by atoms with Crippen molar-refractivity contribution in [2.24, 2.45) is 0 Å². The summed E-state index contributed by atoms with van der Waals surface area (Å²) in [5.74, 6) is 2.72. The Kier molecular flexibility index (Phi) is 7.28. The minimum absolute atomic E-state index is 0.0997. The summed E-state index contributed by atoms with van der Waals surface area (Å²) in [4.78, 5) is 13.9. The molecule has 0 saturated heterocycles. The van der Waals surface area contributed by atoms with Crippen LogP contribution in [0.3, 0.4) is 0 Å². The van der Waals surface area contributed by atoms with Crippen LogP contribution in [0, 0.1) is 12.3 Å². The number of halogens is 1. The van der Waals surface area contributed by atoms with E-state index in [2.05, 4.69) is 11.2 Å². The number of nitrogens with one attached hydrogen (secondary N) is 1. The molecule has 21 heavy (non-hydrogen) atoms. The van der Waals surface area contributed by atoms with Crippen molar-refractivity contribution < 1.29 is 4.79 Å². The zero-order valence-corrected chi connectivity index (χ0v) is 13.7. The molecule has 0 radical (unpaired) electrons. The molecule has 114 valence electrons. The Labute approximate surface area is 132 Å². The molecule has 1 aromatic carbocycles. The van der Waals surface area contributed by atoms with E-state index in [1.165, 1.54) is 0 Å². The highest BCUT2D eigenvalue weighted by molar-refractivity contribution is 6.30. The molecular weight excluding hydrogens is 284 g/mol. The van der Waals surface area contributed by atoms with Crippen LogP contribution in [0.4, 0.5) is 0 Å². The lowest BCUT2D eigenvalue weighted by atomic mass is 10.1. The SMILES string of the molecule is C#CCC(C)NC(C)CC(=O)N(C)Cc1cccc(Cl)c1. The fourth-order valence-electron chi connectivity index (χ4n) is 2.20. The molecule has 3 nitrogen and oxygen atoms in total. The van der Waals surface area contributed by atoms with Crippen LogP contribution in [0.25, 0.3) is 0 Å². The molecule has 0 heterocycles. The lowest BCUT2D eigenvalue weighted by molar-refractivity contribution is -0.130. The van der Waals surface area contributed by atoms with Crippen LogP contribution in [0.1, 0.15) is 32.3 Å². The van der Waals surface area contributed by atoms with Crippen molar-refractivity contribution in [1.82, 2.24) is 10.2 Å². The molecule has 0 aliphatic heterocycles. The topological polar surface area (TPSA) is 32.3 Å². The molecule has 1 aromatic rings. The van der Waals surface area contributed by atoms with Crippen molar-refractivity contribution in [3.8, 4) is 12.3 Å². The van der Waals surface area contributed by atoms with Crippen LogP contribution < -0.4 is 5.32 Å². The quantitative estimate of drug-likeness (QED) is 0.785. The maximum Gasteiger partial charge on any atom is 0.224 e. The molecule has 0 aliphatic carbocycles. The molecule has 0 bridgehead atoms. The third kappa shape index (κ3) is 6.66. The Morgan fingerprint density at radius 2 is 2.14 bits per heavy atom. The molecule has 0 spiro atoms. The van der Waals surface area contributed by atoms with E-state index in [1.807, 2.05) is 38.1 Å². The molecule has 0 aliphatic rings. The molecular formula is C17H23ClN2O. The van der Waals surface area contributed by atoms with Crippen LogP contribution in [-0.4, -0.2) is 29.9 Å². The second-order valence-electron chi connectivity index (χ2n) is 5.46. The summed E-state index contributed by atoms with van der Waals surface area (Å²) in [6.45, 7) is 4.58. The Morgan fingerprint density at radius 3 is 2.76 bits per heavy atom. The third-order valence-corrected chi connectivity index (χ3v) is 3.44. The number of rotatable bonds is 7. The standard InChI is InChI=1S/C17H23ClN2O/c1-5-7-13(2)19-14(3)10-17(21)20(4)12-15-8-6-9-16(18)11-15/h1,6,8-9,11,13-14,19H,7,10,12H2,2-4H3. The molecule has 1 N–H and O–H groups in total. The number of terminal acetylenes is 1. The van der Waals surface area contributed by atoms with E-state index >= 15 is 0 Å². The van der Waals surface area contributed by atoms with E-state index in [9.17, 15) is 4.79 Å². The zero-order valence-electron chi connectivity index (χ0n) is 12.9. The first-order chi connectivity index (χ1) is 9.92. The molecule has 0 fully saturated rings. The number of carbonyl (C=O) groups excluding carboxylic acids is 1. The van der Waals surface area contributed by atoms with Gasteiger partial charge in [-0.3, -0.25) is 4.79 Å². The molecule has 4 heteroatoms. The summed E-state index contributed by atoms with van der Waals surface area (Å²) in [6.07, 6.45) is 6.39. The minimum Gasteiger partial charge on any atom is -0.341 e. The van der Waals surface area contributed by atoms with Crippen molar-refractivity contribution in [2.45, 2.75) is 45.3 Å². The zero-order chi connectivity index (χ0) is 15.8. The Hall–Kier alpha value is -1.50. The molecule has 2 unspecified atom stereocenters. The van der Waals surface area contributed by atoms with Gasteiger partial charge in [0.15, 0.2) is 0 Å². The highest BCUT2D eigenvalue weighted by Crippen LogP contribution is 2.12. The molecule has 0 saturated carbocycles. The summed E-state index contributed by atoms with van der Waals surface area (Å²) in [5.41, 5.74) is 1.03. The van der Waals surface area contributed by atoms with Gasteiger partial charge in [-0.2, -0.15) is 0 Å². The largest absolute Gasteiger partial charge is 0.341 e. The van der Waals surface area contributed by atoms with Crippen LogP contribution in [-0.2, 0) is 11.3 Å². The highest BCUT2D eigenvalue weighted by Gasteiger charge is 2.15. The second kappa shape index (κ2) is 8.71. The van der Waals surface area contributed by atoms with Gasteiger partial charge in [-0.1, -0.05) is 23.7 Å². The number of amides is 1. The lowest BCUT2D eigenvalue weighted by Crippen LogP contribution is -2.38. The average Bonchev–Trinajstić information content (AvgIpc) is 2.38. The highest BCUT2D eigenvalue weighted by atomic mass is 35.5. The van der Waals surface area contributed by atoms with Gasteiger partial charge in [-0.05, 0) is 31.5 Å². The first kappa shape index (κ1) is 17.6. The maximum absolute atomic E-state index is 12.2. The monoisotopic (exact) mass is 306 g/mol. The summed E-state index contributed by atoms with van der Waals surface area (Å²) in [5, 5.41) is 4.01. The molecule has 2 atom stereocenters. The number of benzene rings is 1. The maximum atomic E-state index is 12.2. The number of nitrogens with zero attached hydrogens (tertiary/aromatic N) is 1. The van der Waals surface area contributed by atoms with Crippen molar-refractivity contribution in [3.05, 3.63) is 34.9 Å². The first-order valence-electron chi connectivity index (χ1n) is 7.10. The van der Waals surface area contributed by atoms with Crippen LogP contribution in [0.15, 0.2) is 24.3 Å². The van der Waals surface area contributed by atoms with Gasteiger partial charge in [-0.25, -0.2) is 0 Å². The van der Waals surface area contributed by atoms with Crippen LogP contribution in [0.2, 0.25) is 5.02 Å². The average molecular weight is 307 g/mol. The van der Waals surface area contributed by atoms with Gasteiger partial charge in [0.1, 0.15) is 0 Å². The second-order valence-corrected chi connectivity index (χ2v) is 5.90. The van der Waals surface area contributed by atoms with E-state index in [0.29, 0.717) is 24.4 Å². The van der Waals surface area contributed by atoms with Crippen LogP contribution in [0.5, 0.6) is 0 Å². The fraction of sp³-hybridized carbons (Fsp3) is 0.471. The van der Waals surface area contributed by atoms with Gasteiger partial charge in [-0.15, -0.1) is 12.3 Å². The predicted octanol–water partition coefficient (Wildman–Crippen LogP) is 3.08. The van der Waals surface area contributed by atoms with E-state index in [1.54, 1.807) is 11.9 Å². The predicted molar refractivity (Wildman–Crippen MR) is 88.1 cm³/mol. The van der Waals surface area contributed by atoms with Gasteiger partial charge < -0.3 is 10.2 Å². The number of hydrogen-bond donors (Lipinski definition) is 1. The van der Waals surface area contributed by atoms with E-state index in [0.717, 1.165) is 5.56 Å². The normalized spacial score (nSPS) is 13.3. The van der Waals surface area contributed by atoms with Gasteiger partial charge in [0.2, 0.25) is 5.91 Å².